The molecule has 0 radical (unpaired) electrons. The van der Waals surface area contributed by atoms with E-state index >= 15 is 8.63 Å². The molecule has 238 valence electrons. The van der Waals surface area contributed by atoms with E-state index in [1.807, 2.05) is 72.8 Å². The summed E-state index contributed by atoms with van der Waals surface area (Å²) in [5.41, 5.74) is 10.4. The van der Waals surface area contributed by atoms with Crippen LogP contribution in [0.5, 0.6) is 11.5 Å². The molecule has 4 bridgehead atoms. The molecule has 4 atom stereocenters. The predicted octanol–water partition coefficient (Wildman–Crippen LogP) is 9.63. The van der Waals surface area contributed by atoms with Crippen LogP contribution in [-0.2, 0) is 0 Å². The van der Waals surface area contributed by atoms with Gasteiger partial charge in [0.1, 0.15) is 11.5 Å². The Morgan fingerprint density at radius 1 is 0.667 bits per heavy atom. The quantitative estimate of drug-likeness (QED) is 0.150. The average molecular weight is 637 g/mol. The number of benzene rings is 3. The maximum absolute atomic E-state index is 16.1. The average Bonchev–Trinajstić information content (AvgIpc) is 3.74. The second-order valence-corrected chi connectivity index (χ2v) is 13.3. The molecule has 3 aromatic carbocycles. The molecule has 0 fully saturated rings. The number of methoxy groups -OCH3 is 2. The third-order valence-corrected chi connectivity index (χ3v) is 11.0. The second-order valence-electron chi connectivity index (χ2n) is 13.3. The van der Waals surface area contributed by atoms with Crippen molar-refractivity contribution in [3.63, 3.8) is 0 Å². The lowest BCUT2D eigenvalue weighted by atomic mass is 9.68. The molecule has 48 heavy (non-hydrogen) atoms. The summed E-state index contributed by atoms with van der Waals surface area (Å²) in [6.07, 6.45) is 13.0. The lowest BCUT2D eigenvalue weighted by molar-refractivity contribution is 0.414. The van der Waals surface area contributed by atoms with E-state index in [9.17, 15) is 0 Å². The number of nitrogens with zero attached hydrogens (tertiary/aromatic N) is 2. The molecule has 4 aromatic rings. The monoisotopic (exact) mass is 636 g/mol. The zero-order chi connectivity index (χ0) is 32.5. The van der Waals surface area contributed by atoms with E-state index in [1.54, 1.807) is 14.2 Å². The fourth-order valence-electron chi connectivity index (χ4n) is 9.01. The van der Waals surface area contributed by atoms with Crippen molar-refractivity contribution in [2.45, 2.75) is 37.5 Å². The molecule has 0 saturated heterocycles. The molecule has 1 aromatic heterocycles. The number of aliphatic imine (C=N–C) groups is 1. The van der Waals surface area contributed by atoms with Crippen LogP contribution in [0.1, 0.15) is 65.5 Å². The first-order valence-electron chi connectivity index (χ1n) is 16.9. The Labute approximate surface area is 280 Å². The summed E-state index contributed by atoms with van der Waals surface area (Å²) in [6, 6.07) is 25.6. The lowest BCUT2D eigenvalue weighted by Crippen LogP contribution is -2.25. The molecule has 0 saturated carbocycles. The maximum Gasteiger partial charge on any atom is 0.678 e. The van der Waals surface area contributed by atoms with E-state index < -0.39 is 7.40 Å². The van der Waals surface area contributed by atoms with Gasteiger partial charge in [-0.25, -0.2) is 4.99 Å². The molecular weight excluding hydrogens is 601 g/mol. The summed E-state index contributed by atoms with van der Waals surface area (Å²) < 4.78 is 45.1. The molecule has 1 aliphatic heterocycles. The van der Waals surface area contributed by atoms with E-state index in [2.05, 4.69) is 30.4 Å². The first-order chi connectivity index (χ1) is 23.6. The first kappa shape index (κ1) is 29.3. The summed E-state index contributed by atoms with van der Waals surface area (Å²) in [5.74, 6) is 1.79. The van der Waals surface area contributed by atoms with E-state index in [0.29, 0.717) is 22.7 Å². The SMILES string of the molecule is COc1ccccc1C1=N/C(=C(/c2ccccc2)c2c3c(c(-c4ccccc4OC)n2B(F)F)C2C=CC3CC2)C2=C1C1C=CC2CC1. The minimum atomic E-state index is -2.79. The Hall–Kier alpha value is -4.91. The van der Waals surface area contributed by atoms with E-state index in [1.165, 1.54) is 15.6 Å². The van der Waals surface area contributed by atoms with Crippen molar-refractivity contribution in [3.05, 3.63) is 148 Å². The van der Waals surface area contributed by atoms with Crippen LogP contribution in [-0.4, -0.2) is 31.8 Å². The zero-order valence-electron chi connectivity index (χ0n) is 27.0. The first-order valence-corrected chi connectivity index (χ1v) is 16.9. The highest BCUT2D eigenvalue weighted by atomic mass is 19.2. The van der Waals surface area contributed by atoms with Gasteiger partial charge in [-0.15, -0.1) is 0 Å². The van der Waals surface area contributed by atoms with Crippen molar-refractivity contribution in [3.8, 4) is 22.8 Å². The number of allylic oxidation sites excluding steroid dienone is 6. The highest BCUT2D eigenvalue weighted by Gasteiger charge is 2.45. The lowest BCUT2D eigenvalue weighted by Gasteiger charge is -2.34. The maximum atomic E-state index is 16.1. The molecule has 7 heteroatoms. The van der Waals surface area contributed by atoms with E-state index in [-0.39, 0.29) is 23.7 Å². The molecule has 6 aliphatic carbocycles. The molecule has 4 unspecified atom stereocenters. The third kappa shape index (κ3) is 4.22. The fourth-order valence-corrected chi connectivity index (χ4v) is 9.01. The van der Waals surface area contributed by atoms with Crippen LogP contribution in [0.2, 0.25) is 0 Å². The number of hydrogen-bond acceptors (Lipinski definition) is 3. The Morgan fingerprint density at radius 2 is 1.21 bits per heavy atom. The largest absolute Gasteiger partial charge is 0.678 e. The molecular formula is C41H35BF2N2O2. The van der Waals surface area contributed by atoms with Crippen molar-refractivity contribution in [1.29, 1.82) is 0 Å². The van der Waals surface area contributed by atoms with Crippen molar-refractivity contribution in [1.82, 2.24) is 4.48 Å². The van der Waals surface area contributed by atoms with E-state index in [0.717, 1.165) is 70.7 Å². The number of rotatable bonds is 7. The van der Waals surface area contributed by atoms with E-state index in [4.69, 9.17) is 14.5 Å². The Kier molecular flexibility index (Phi) is 6.92. The Balaban J connectivity index is 1.44. The molecule has 4 nitrogen and oxygen atoms in total. The van der Waals surface area contributed by atoms with Gasteiger partial charge in [0.2, 0.25) is 0 Å². The van der Waals surface area contributed by atoms with Crippen LogP contribution in [0.3, 0.4) is 0 Å². The fraction of sp³-hybridized carbons (Fsp3) is 0.244. The molecule has 2 heterocycles. The molecule has 0 N–H and O–H groups in total. The van der Waals surface area contributed by atoms with Crippen molar-refractivity contribution < 1.29 is 18.1 Å². The topological polar surface area (TPSA) is 35.8 Å². The van der Waals surface area contributed by atoms with Gasteiger partial charge in [-0.2, -0.15) is 0 Å². The van der Waals surface area contributed by atoms with Gasteiger partial charge in [-0.05, 0) is 77.8 Å². The summed E-state index contributed by atoms with van der Waals surface area (Å²) in [7, 11) is 0.503. The van der Waals surface area contributed by atoms with Gasteiger partial charge in [0.25, 0.3) is 0 Å². The minimum absolute atomic E-state index is 0.0305. The van der Waals surface area contributed by atoms with Gasteiger partial charge in [0.05, 0.1) is 25.6 Å². The van der Waals surface area contributed by atoms with Crippen LogP contribution in [0.4, 0.5) is 8.63 Å². The number of para-hydroxylation sites is 2. The molecule has 0 amide bonds. The molecule has 0 spiro atoms. The van der Waals surface area contributed by atoms with Gasteiger partial charge < -0.3 is 14.0 Å². The summed E-state index contributed by atoms with van der Waals surface area (Å²) >= 11 is 0. The van der Waals surface area contributed by atoms with Crippen molar-refractivity contribution in [2.75, 3.05) is 14.2 Å². The van der Waals surface area contributed by atoms with Gasteiger partial charge in [-0.1, -0.05) is 78.9 Å². The van der Waals surface area contributed by atoms with Crippen LogP contribution in [0.25, 0.3) is 16.8 Å². The predicted molar refractivity (Wildman–Crippen MR) is 188 cm³/mol. The van der Waals surface area contributed by atoms with Gasteiger partial charge >= 0.3 is 7.40 Å². The van der Waals surface area contributed by atoms with Gasteiger partial charge in [0, 0.05) is 51.8 Å². The minimum Gasteiger partial charge on any atom is -0.496 e. The summed E-state index contributed by atoms with van der Waals surface area (Å²) in [6.45, 7) is 0. The van der Waals surface area contributed by atoms with Crippen LogP contribution >= 0.6 is 0 Å². The number of hydrogen-bond donors (Lipinski definition) is 0. The smallest absolute Gasteiger partial charge is 0.496 e. The van der Waals surface area contributed by atoms with Crippen molar-refractivity contribution >= 4 is 18.7 Å². The normalized spacial score (nSPS) is 24.0. The highest BCUT2D eigenvalue weighted by molar-refractivity contribution is 6.42. The second kappa shape index (κ2) is 11.4. The van der Waals surface area contributed by atoms with Crippen molar-refractivity contribution in [2.24, 2.45) is 16.8 Å². The van der Waals surface area contributed by atoms with Crippen LogP contribution in [0.15, 0.2) is 125 Å². The molecule has 7 aliphatic rings. The zero-order valence-corrected chi connectivity index (χ0v) is 27.0. The number of fused-ring (bicyclic) bond motifs is 2. The Morgan fingerprint density at radius 3 is 1.83 bits per heavy atom. The van der Waals surface area contributed by atoms with Crippen LogP contribution in [0, 0.1) is 11.8 Å². The summed E-state index contributed by atoms with van der Waals surface area (Å²) in [4.78, 5) is 5.53. The third-order valence-electron chi connectivity index (χ3n) is 11.0. The molecule has 11 rings (SSSR count). The highest BCUT2D eigenvalue weighted by Crippen LogP contribution is 2.57. The van der Waals surface area contributed by atoms with Crippen LogP contribution < -0.4 is 9.47 Å². The van der Waals surface area contributed by atoms with Gasteiger partial charge in [0.15, 0.2) is 0 Å². The van der Waals surface area contributed by atoms with Gasteiger partial charge in [-0.3, -0.25) is 8.63 Å². The standard InChI is InChI=1S/C41H35BF2N2O2/c1-47-31-14-8-6-12-29(31)38-33-25-16-18-26(19-17-25)34(33)39(45-38)37(24-10-4-3-5-11-24)41-36-28-22-20-27(21-23-28)35(36)40(46(41)42(43)44)30-13-7-9-15-32(30)48-2/h3-16,18,20,22,25-28H,17,19,21,23H2,1-2H3/b39-37-. The summed E-state index contributed by atoms with van der Waals surface area (Å²) in [5, 5.41) is 0. The number of aromatic nitrogens is 1. The number of ether oxygens (including phenoxy) is 2. The number of halogens is 2. The Bertz CT molecular complexity index is 2120.